The summed E-state index contributed by atoms with van der Waals surface area (Å²) in [7, 11) is 3.48. The number of aromatic nitrogens is 4. The van der Waals surface area contributed by atoms with Crippen molar-refractivity contribution in [3.63, 3.8) is 0 Å². The third-order valence-corrected chi connectivity index (χ3v) is 10.1. The molecule has 2 bridgehead atoms. The van der Waals surface area contributed by atoms with Crippen LogP contribution in [0.3, 0.4) is 0 Å². The molecule has 13 heteroatoms. The molecule has 2 amide bonds. The summed E-state index contributed by atoms with van der Waals surface area (Å²) in [5.41, 5.74) is 10.4. The molecule has 0 spiro atoms. The molecule has 1 saturated carbocycles. The Hall–Kier alpha value is -4.10. The summed E-state index contributed by atoms with van der Waals surface area (Å²) in [6, 6.07) is 8.61. The van der Waals surface area contributed by atoms with Crippen LogP contribution in [0, 0.1) is 11.8 Å². The maximum atomic E-state index is 13.6. The van der Waals surface area contributed by atoms with Crippen LogP contribution in [0.25, 0.3) is 33.6 Å². The second-order valence-electron chi connectivity index (χ2n) is 13.2. The number of nitrogens with zero attached hydrogens (tertiary/aromatic N) is 5. The molecule has 2 fully saturated rings. The van der Waals surface area contributed by atoms with E-state index in [0.29, 0.717) is 28.6 Å². The Kier molecular flexibility index (Phi) is 8.37. The zero-order valence-electron chi connectivity index (χ0n) is 26.9. The lowest BCUT2D eigenvalue weighted by Gasteiger charge is -2.36. The van der Waals surface area contributed by atoms with E-state index < -0.39 is 18.8 Å². The van der Waals surface area contributed by atoms with Gasteiger partial charge in [0, 0.05) is 49.6 Å². The fraction of sp³-hybridized carbons (Fsp3) is 0.529. The van der Waals surface area contributed by atoms with E-state index in [2.05, 4.69) is 20.7 Å². The normalized spacial score (nSPS) is 25.2. The summed E-state index contributed by atoms with van der Waals surface area (Å²) in [6.07, 6.45) is 4.56. The number of halogens is 2. The number of amides is 2. The molecule has 3 aliphatic rings. The number of piperidine rings is 1. The molecule has 0 unspecified atom stereocenters. The Morgan fingerprint density at radius 3 is 2.70 bits per heavy atom. The summed E-state index contributed by atoms with van der Waals surface area (Å²) in [6.45, 7) is 0.179. The minimum absolute atomic E-state index is 0.0999. The summed E-state index contributed by atoms with van der Waals surface area (Å²) in [5, 5.41) is 4.15. The summed E-state index contributed by atoms with van der Waals surface area (Å²) < 4.78 is 40.2. The van der Waals surface area contributed by atoms with Crippen molar-refractivity contribution in [1.29, 1.82) is 0 Å². The van der Waals surface area contributed by atoms with Gasteiger partial charge in [-0.15, -0.1) is 0 Å². The highest BCUT2D eigenvalue weighted by Crippen LogP contribution is 2.43. The molecule has 250 valence electrons. The lowest BCUT2D eigenvalue weighted by molar-refractivity contribution is -0.175. The number of ether oxygens (including phenoxy) is 2. The molecule has 1 saturated heterocycles. The first-order chi connectivity index (χ1) is 22.6. The largest absolute Gasteiger partial charge is 0.494 e. The Bertz CT molecular complexity index is 1840. The van der Waals surface area contributed by atoms with E-state index in [9.17, 15) is 18.4 Å². The Morgan fingerprint density at radius 2 is 1.94 bits per heavy atom. The molecule has 47 heavy (non-hydrogen) atoms. The lowest BCUT2D eigenvalue weighted by Crippen LogP contribution is -2.54. The number of carbonyl (C=O) groups excluding carboxylic acids is 2. The highest BCUT2D eigenvalue weighted by Gasteiger charge is 2.42. The van der Waals surface area contributed by atoms with Crippen molar-refractivity contribution < 1.29 is 27.8 Å². The molecule has 5 heterocycles. The maximum absolute atomic E-state index is 13.6. The van der Waals surface area contributed by atoms with E-state index in [0.717, 1.165) is 66.6 Å². The van der Waals surface area contributed by atoms with Crippen LogP contribution in [-0.2, 0) is 23.1 Å². The van der Waals surface area contributed by atoms with Gasteiger partial charge in [0.25, 0.3) is 5.91 Å². The second kappa shape index (κ2) is 12.5. The van der Waals surface area contributed by atoms with Crippen LogP contribution in [0.4, 0.5) is 8.78 Å². The molecule has 3 aromatic heterocycles. The number of fused-ring (bicyclic) bond motifs is 3. The number of alkyl halides is 2. The number of likely N-dealkylation sites (tertiary alicyclic amines) is 1. The molecule has 0 radical (unpaired) electrons. The van der Waals surface area contributed by atoms with Crippen molar-refractivity contribution in [3.05, 3.63) is 41.6 Å². The van der Waals surface area contributed by atoms with Crippen molar-refractivity contribution in [3.8, 4) is 17.3 Å². The topological polar surface area (TPSA) is 130 Å². The molecule has 11 nitrogen and oxygen atoms in total. The van der Waals surface area contributed by atoms with Gasteiger partial charge in [-0.2, -0.15) is 8.78 Å². The van der Waals surface area contributed by atoms with Crippen LogP contribution >= 0.6 is 0 Å². The zero-order valence-corrected chi connectivity index (χ0v) is 26.9. The van der Waals surface area contributed by atoms with Gasteiger partial charge in [-0.25, -0.2) is 9.97 Å². The third kappa shape index (κ3) is 5.95. The monoisotopic (exact) mass is 649 g/mol. The van der Waals surface area contributed by atoms with Crippen LogP contribution in [0.2, 0.25) is 0 Å². The molecule has 3 N–H and O–H groups in total. The van der Waals surface area contributed by atoms with Gasteiger partial charge in [0.05, 0.1) is 36.2 Å². The lowest BCUT2D eigenvalue weighted by atomic mass is 10.0. The smallest absolute Gasteiger partial charge is 0.345 e. The number of nitrogens with two attached hydrogens (primary N) is 1. The SMILES string of the molecule is COc1cc(C(=O)N2CC[C@@H](OC(F)F)[C@@H](N)C2)cc2nc(-c3cc4ccc5nc4n3CCCCC[C@@H]3C[C@H]3C(=O)N[C@@H]5C)n(C)c12. The van der Waals surface area contributed by atoms with E-state index in [1.807, 2.05) is 30.7 Å². The minimum Gasteiger partial charge on any atom is -0.494 e. The number of aryl methyl sites for hydroxylation is 2. The molecule has 1 aliphatic carbocycles. The first-order valence-electron chi connectivity index (χ1n) is 16.5. The van der Waals surface area contributed by atoms with Crippen molar-refractivity contribution in [2.24, 2.45) is 24.6 Å². The number of methoxy groups -OCH3 is 1. The fourth-order valence-electron chi connectivity index (χ4n) is 7.38. The summed E-state index contributed by atoms with van der Waals surface area (Å²) in [5.74, 6) is 1.65. The standard InChI is InChI=1S/C34H41F2N7O4/c1-18-24-9-8-20-15-26(43(30(20)39-24)11-6-4-5-7-19-13-22(19)32(44)38-18)31-40-25-14-21(16-28(46-3)29(25)41(31)2)33(45)42-12-10-27(23(37)17-42)47-34(35)36/h8-9,14-16,18-19,22-23,27,34H,4-7,10-13,17,37H2,1-3H3,(H,38,44)/t18-,19-,22-,23+,27-/m1/s1. The van der Waals surface area contributed by atoms with Gasteiger partial charge in [-0.3, -0.25) is 9.59 Å². The van der Waals surface area contributed by atoms with E-state index in [4.69, 9.17) is 20.4 Å². The molecule has 7 rings (SSSR count). The zero-order chi connectivity index (χ0) is 33.0. The minimum atomic E-state index is -2.91. The van der Waals surface area contributed by atoms with Crippen LogP contribution in [0.1, 0.15) is 67.5 Å². The number of hydrogen-bond donors (Lipinski definition) is 2. The predicted octanol–water partition coefficient (Wildman–Crippen LogP) is 4.77. The van der Waals surface area contributed by atoms with Crippen LogP contribution in [-0.4, -0.2) is 74.8 Å². The number of imidazole rings is 1. The van der Waals surface area contributed by atoms with Gasteiger partial charge in [0.15, 0.2) is 5.82 Å². The number of rotatable bonds is 5. The number of hydrogen-bond acceptors (Lipinski definition) is 7. The average Bonchev–Trinajstić information content (AvgIpc) is 3.64. The van der Waals surface area contributed by atoms with Crippen LogP contribution in [0.5, 0.6) is 5.75 Å². The molecule has 2 aliphatic heterocycles. The number of benzene rings is 1. The second-order valence-corrected chi connectivity index (χ2v) is 13.2. The number of pyridine rings is 1. The molecular weight excluding hydrogens is 608 g/mol. The number of carbonyl (C=O) groups is 2. The van der Waals surface area contributed by atoms with Gasteiger partial charge in [0.1, 0.15) is 16.9 Å². The van der Waals surface area contributed by atoms with Crippen molar-refractivity contribution in [2.75, 3.05) is 20.2 Å². The number of nitrogens with one attached hydrogen (secondary N) is 1. The first-order valence-corrected chi connectivity index (χ1v) is 16.5. The van der Waals surface area contributed by atoms with Crippen LogP contribution in [0.15, 0.2) is 30.3 Å². The van der Waals surface area contributed by atoms with Crippen molar-refractivity contribution in [1.82, 2.24) is 29.3 Å². The highest BCUT2D eigenvalue weighted by atomic mass is 19.3. The van der Waals surface area contributed by atoms with Gasteiger partial charge in [-0.1, -0.05) is 12.8 Å². The third-order valence-electron chi connectivity index (χ3n) is 10.1. The predicted molar refractivity (Wildman–Crippen MR) is 172 cm³/mol. The maximum Gasteiger partial charge on any atom is 0.345 e. The Balaban J connectivity index is 1.24. The molecule has 1 aromatic carbocycles. The van der Waals surface area contributed by atoms with Gasteiger partial charge >= 0.3 is 6.61 Å². The highest BCUT2D eigenvalue weighted by molar-refractivity contribution is 6.00. The van der Waals surface area contributed by atoms with E-state index in [1.165, 1.54) is 0 Å². The summed E-state index contributed by atoms with van der Waals surface area (Å²) >= 11 is 0. The quantitative estimate of drug-likeness (QED) is 0.319. The Morgan fingerprint density at radius 1 is 1.11 bits per heavy atom. The van der Waals surface area contributed by atoms with E-state index in [1.54, 1.807) is 24.1 Å². The van der Waals surface area contributed by atoms with Gasteiger partial charge in [-0.05, 0) is 68.9 Å². The van der Waals surface area contributed by atoms with Gasteiger partial charge in [0.2, 0.25) is 5.91 Å². The first kappa shape index (κ1) is 31.5. The van der Waals surface area contributed by atoms with Crippen molar-refractivity contribution in [2.45, 2.75) is 76.8 Å². The van der Waals surface area contributed by atoms with Crippen molar-refractivity contribution >= 4 is 33.9 Å². The van der Waals surface area contributed by atoms with Gasteiger partial charge < -0.3 is 34.6 Å². The summed E-state index contributed by atoms with van der Waals surface area (Å²) in [4.78, 5) is 38.1. The molecular formula is C34H41F2N7O4. The fourth-order valence-corrected chi connectivity index (χ4v) is 7.38. The van der Waals surface area contributed by atoms with E-state index in [-0.39, 0.29) is 43.3 Å². The van der Waals surface area contributed by atoms with Crippen LogP contribution < -0.4 is 15.8 Å². The average molecular weight is 650 g/mol. The molecule has 4 aromatic rings. The Labute approximate surface area is 271 Å². The molecule has 5 atom stereocenters. The van der Waals surface area contributed by atoms with E-state index >= 15 is 0 Å².